The molecule has 17 heavy (non-hydrogen) atoms. The molecule has 0 saturated carbocycles. The quantitative estimate of drug-likeness (QED) is 0.577. The maximum absolute atomic E-state index is 10.9. The molecule has 0 N–H and O–H groups in total. The summed E-state index contributed by atoms with van der Waals surface area (Å²) >= 11 is 0. The standard InChI is InChI=1S/C13H16N2O2/c1-11(17-12(2)16)15(10-6-9-14)13-7-4-3-5-8-13/h3-5,7-8,11H,6,10H2,1-2H3. The number of carbonyl (C=O) groups excluding carboxylic acids is 1. The topological polar surface area (TPSA) is 53.3 Å². The van der Waals surface area contributed by atoms with Crippen LogP contribution < -0.4 is 4.90 Å². The van der Waals surface area contributed by atoms with Crippen molar-refractivity contribution in [3.63, 3.8) is 0 Å². The van der Waals surface area contributed by atoms with Gasteiger partial charge in [-0.2, -0.15) is 5.26 Å². The third-order valence-electron chi connectivity index (χ3n) is 2.33. The Kier molecular flexibility index (Phi) is 5.02. The van der Waals surface area contributed by atoms with E-state index in [9.17, 15) is 4.79 Å². The van der Waals surface area contributed by atoms with Gasteiger partial charge in [-0.25, -0.2) is 0 Å². The molecule has 1 aromatic rings. The molecule has 0 aliphatic carbocycles. The summed E-state index contributed by atoms with van der Waals surface area (Å²) in [6.07, 6.45) is 0.0174. The van der Waals surface area contributed by atoms with E-state index in [0.717, 1.165) is 5.69 Å². The fourth-order valence-corrected chi connectivity index (χ4v) is 1.61. The molecule has 0 fully saturated rings. The fraction of sp³-hybridized carbons (Fsp3) is 0.385. The molecule has 0 saturated heterocycles. The Morgan fingerprint density at radius 1 is 1.47 bits per heavy atom. The van der Waals surface area contributed by atoms with Gasteiger partial charge in [0.25, 0.3) is 0 Å². The monoisotopic (exact) mass is 232 g/mol. The summed E-state index contributed by atoms with van der Waals surface area (Å²) in [4.78, 5) is 12.8. The summed E-state index contributed by atoms with van der Waals surface area (Å²) in [7, 11) is 0. The normalized spacial score (nSPS) is 11.4. The minimum atomic E-state index is -0.372. The van der Waals surface area contributed by atoms with E-state index in [0.29, 0.717) is 13.0 Å². The molecule has 0 radical (unpaired) electrons. The molecule has 0 heterocycles. The van der Waals surface area contributed by atoms with Crippen molar-refractivity contribution in [1.29, 1.82) is 5.26 Å². The molecule has 0 amide bonds. The first-order valence-electron chi connectivity index (χ1n) is 5.51. The van der Waals surface area contributed by atoms with Gasteiger partial charge < -0.3 is 9.64 Å². The van der Waals surface area contributed by atoms with Crippen molar-refractivity contribution in [3.8, 4) is 6.07 Å². The third-order valence-corrected chi connectivity index (χ3v) is 2.33. The number of para-hydroxylation sites is 1. The Bertz CT molecular complexity index is 398. The molecule has 0 aliphatic heterocycles. The Balaban J connectivity index is 2.80. The highest BCUT2D eigenvalue weighted by atomic mass is 16.6. The molecular formula is C13H16N2O2. The number of anilines is 1. The van der Waals surface area contributed by atoms with E-state index in [2.05, 4.69) is 6.07 Å². The van der Waals surface area contributed by atoms with Gasteiger partial charge in [0.1, 0.15) is 0 Å². The summed E-state index contributed by atoms with van der Waals surface area (Å²) in [6, 6.07) is 11.7. The maximum Gasteiger partial charge on any atom is 0.304 e. The predicted molar refractivity (Wildman–Crippen MR) is 65.2 cm³/mol. The Morgan fingerprint density at radius 3 is 2.65 bits per heavy atom. The zero-order chi connectivity index (χ0) is 12.7. The van der Waals surface area contributed by atoms with Gasteiger partial charge in [-0.05, 0) is 19.1 Å². The smallest absolute Gasteiger partial charge is 0.304 e. The number of rotatable bonds is 5. The number of ether oxygens (including phenoxy) is 1. The van der Waals surface area contributed by atoms with Crippen LogP contribution in [0.3, 0.4) is 0 Å². The van der Waals surface area contributed by atoms with Gasteiger partial charge in [-0.15, -0.1) is 0 Å². The van der Waals surface area contributed by atoms with Crippen LogP contribution in [0.4, 0.5) is 5.69 Å². The van der Waals surface area contributed by atoms with E-state index < -0.39 is 0 Å². The first kappa shape index (κ1) is 13.0. The highest BCUT2D eigenvalue weighted by Crippen LogP contribution is 2.17. The van der Waals surface area contributed by atoms with Crippen LogP contribution >= 0.6 is 0 Å². The van der Waals surface area contributed by atoms with Gasteiger partial charge in [-0.3, -0.25) is 4.79 Å². The highest BCUT2D eigenvalue weighted by molar-refractivity contribution is 5.66. The second-order valence-electron chi connectivity index (χ2n) is 3.65. The van der Waals surface area contributed by atoms with Gasteiger partial charge in [0.2, 0.25) is 0 Å². The molecule has 4 heteroatoms. The molecule has 0 aliphatic rings. The van der Waals surface area contributed by atoms with Crippen LogP contribution in [0.5, 0.6) is 0 Å². The first-order valence-corrected chi connectivity index (χ1v) is 5.51. The summed E-state index contributed by atoms with van der Waals surface area (Å²) in [5.74, 6) is -0.324. The third kappa shape index (κ3) is 4.15. The summed E-state index contributed by atoms with van der Waals surface area (Å²) < 4.78 is 5.14. The second-order valence-corrected chi connectivity index (χ2v) is 3.65. The number of hydrogen-bond acceptors (Lipinski definition) is 4. The van der Waals surface area contributed by atoms with E-state index in [1.807, 2.05) is 35.2 Å². The summed E-state index contributed by atoms with van der Waals surface area (Å²) in [6.45, 7) is 3.71. The molecule has 0 bridgehead atoms. The zero-order valence-corrected chi connectivity index (χ0v) is 10.1. The molecule has 1 rings (SSSR count). The van der Waals surface area contributed by atoms with Gasteiger partial charge in [0, 0.05) is 19.2 Å². The van der Waals surface area contributed by atoms with Crippen molar-refractivity contribution < 1.29 is 9.53 Å². The van der Waals surface area contributed by atoms with Gasteiger partial charge in [-0.1, -0.05) is 18.2 Å². The molecule has 0 aromatic heterocycles. The van der Waals surface area contributed by atoms with Crippen molar-refractivity contribution in [1.82, 2.24) is 0 Å². The first-order chi connectivity index (χ1) is 8.15. The molecule has 0 spiro atoms. The number of nitriles is 1. The van der Waals surface area contributed by atoms with Crippen LogP contribution in [-0.4, -0.2) is 18.7 Å². The Hall–Kier alpha value is -2.02. The fourth-order valence-electron chi connectivity index (χ4n) is 1.61. The highest BCUT2D eigenvalue weighted by Gasteiger charge is 2.16. The van der Waals surface area contributed by atoms with Crippen LogP contribution in [0, 0.1) is 11.3 Å². The molecular weight excluding hydrogens is 216 g/mol. The minimum Gasteiger partial charge on any atom is -0.442 e. The predicted octanol–water partition coefficient (Wildman–Crippen LogP) is 2.32. The average Bonchev–Trinajstić information content (AvgIpc) is 2.30. The molecule has 4 nitrogen and oxygen atoms in total. The number of carbonyl (C=O) groups is 1. The van der Waals surface area contributed by atoms with Crippen molar-refractivity contribution in [2.75, 3.05) is 11.4 Å². The van der Waals surface area contributed by atoms with E-state index in [1.54, 1.807) is 6.92 Å². The largest absolute Gasteiger partial charge is 0.442 e. The van der Waals surface area contributed by atoms with Crippen molar-refractivity contribution in [2.45, 2.75) is 26.5 Å². The van der Waals surface area contributed by atoms with Gasteiger partial charge in [0.05, 0.1) is 12.5 Å². The van der Waals surface area contributed by atoms with E-state index >= 15 is 0 Å². The van der Waals surface area contributed by atoms with Crippen LogP contribution in [0.2, 0.25) is 0 Å². The lowest BCUT2D eigenvalue weighted by molar-refractivity contribution is -0.145. The lowest BCUT2D eigenvalue weighted by Gasteiger charge is -2.29. The SMILES string of the molecule is CC(=O)OC(C)N(CCC#N)c1ccccc1. The zero-order valence-electron chi connectivity index (χ0n) is 10.1. The van der Waals surface area contributed by atoms with E-state index in [1.165, 1.54) is 6.92 Å². The molecule has 1 unspecified atom stereocenters. The van der Waals surface area contributed by atoms with Crippen LogP contribution in [0.15, 0.2) is 30.3 Å². The average molecular weight is 232 g/mol. The second kappa shape index (κ2) is 6.54. The number of esters is 1. The number of hydrogen-bond donors (Lipinski definition) is 0. The van der Waals surface area contributed by atoms with Crippen molar-refractivity contribution in [2.24, 2.45) is 0 Å². The molecule has 1 aromatic carbocycles. The van der Waals surface area contributed by atoms with Gasteiger partial charge in [0.15, 0.2) is 6.23 Å². The lowest BCUT2D eigenvalue weighted by atomic mass is 10.2. The Labute approximate surface area is 101 Å². The van der Waals surface area contributed by atoms with Crippen LogP contribution in [-0.2, 0) is 9.53 Å². The van der Waals surface area contributed by atoms with Crippen molar-refractivity contribution in [3.05, 3.63) is 30.3 Å². The van der Waals surface area contributed by atoms with Gasteiger partial charge >= 0.3 is 5.97 Å². The van der Waals surface area contributed by atoms with Crippen LogP contribution in [0.25, 0.3) is 0 Å². The Morgan fingerprint density at radius 2 is 2.12 bits per heavy atom. The number of benzene rings is 1. The van der Waals surface area contributed by atoms with Crippen LogP contribution in [0.1, 0.15) is 20.3 Å². The minimum absolute atomic E-state index is 0.324. The van der Waals surface area contributed by atoms with E-state index in [-0.39, 0.29) is 12.2 Å². The summed E-state index contributed by atoms with van der Waals surface area (Å²) in [5, 5.41) is 8.64. The van der Waals surface area contributed by atoms with Crippen molar-refractivity contribution >= 4 is 11.7 Å². The number of nitrogens with zero attached hydrogens (tertiary/aromatic N) is 2. The maximum atomic E-state index is 10.9. The molecule has 90 valence electrons. The van der Waals surface area contributed by atoms with E-state index in [4.69, 9.17) is 10.00 Å². The molecule has 1 atom stereocenters. The lowest BCUT2D eigenvalue weighted by Crippen LogP contribution is -2.37. The summed E-state index contributed by atoms with van der Waals surface area (Å²) in [5.41, 5.74) is 0.941.